The largest absolute Gasteiger partial charge is 0.486 e. The van der Waals surface area contributed by atoms with E-state index in [-0.39, 0.29) is 31.2 Å². The zero-order valence-electron chi connectivity index (χ0n) is 14.2. The number of hydrogen-bond acceptors (Lipinski definition) is 6. The molecule has 1 saturated heterocycles. The van der Waals surface area contributed by atoms with Crippen LogP contribution in [0.25, 0.3) is 10.2 Å². The first kappa shape index (κ1) is 16.8. The van der Waals surface area contributed by atoms with Crippen molar-refractivity contribution in [2.75, 3.05) is 19.8 Å². The Bertz CT molecular complexity index is 974. The summed E-state index contributed by atoms with van der Waals surface area (Å²) in [4.78, 5) is 41.3. The molecule has 8 nitrogen and oxygen atoms in total. The van der Waals surface area contributed by atoms with Gasteiger partial charge in [0.15, 0.2) is 16.3 Å². The maximum absolute atomic E-state index is 12.3. The first-order valence-corrected chi connectivity index (χ1v) is 9.22. The third-order valence-electron chi connectivity index (χ3n) is 4.33. The van der Waals surface area contributed by atoms with Crippen molar-refractivity contribution in [2.24, 2.45) is 4.99 Å². The van der Waals surface area contributed by atoms with Crippen molar-refractivity contribution >= 4 is 39.3 Å². The van der Waals surface area contributed by atoms with Crippen molar-refractivity contribution in [1.82, 2.24) is 9.47 Å². The second-order valence-corrected chi connectivity index (χ2v) is 6.98. The number of fused-ring (bicyclic) bond motifs is 2. The predicted molar refractivity (Wildman–Crippen MR) is 93.0 cm³/mol. The number of likely N-dealkylation sites (tertiary alicyclic amines) is 1. The van der Waals surface area contributed by atoms with Crippen LogP contribution in [0.5, 0.6) is 11.5 Å². The summed E-state index contributed by atoms with van der Waals surface area (Å²) in [6.45, 7) is 3.28. The zero-order chi connectivity index (χ0) is 18.3. The molecule has 0 bridgehead atoms. The van der Waals surface area contributed by atoms with E-state index in [2.05, 4.69) is 4.99 Å². The van der Waals surface area contributed by atoms with Gasteiger partial charge in [-0.1, -0.05) is 11.3 Å². The number of carbonyl (C=O) groups is 3. The molecule has 0 unspecified atom stereocenters. The molecule has 2 aromatic rings. The number of aromatic nitrogens is 1. The molecule has 0 spiro atoms. The number of imide groups is 1. The van der Waals surface area contributed by atoms with Gasteiger partial charge >= 0.3 is 0 Å². The molecule has 136 valence electrons. The SMILES string of the molecule is CCn1c(=NC(=O)CN2C(=O)CCC2=O)sc2cc3c(cc21)OCCO3. The smallest absolute Gasteiger partial charge is 0.268 e. The van der Waals surface area contributed by atoms with Gasteiger partial charge < -0.3 is 14.0 Å². The van der Waals surface area contributed by atoms with E-state index in [9.17, 15) is 14.4 Å². The van der Waals surface area contributed by atoms with E-state index in [1.165, 1.54) is 11.3 Å². The van der Waals surface area contributed by atoms with Crippen molar-refractivity contribution in [3.8, 4) is 11.5 Å². The first-order chi connectivity index (χ1) is 12.6. The van der Waals surface area contributed by atoms with Gasteiger partial charge in [0, 0.05) is 31.5 Å². The lowest BCUT2D eigenvalue weighted by Gasteiger charge is -2.18. The van der Waals surface area contributed by atoms with E-state index in [0.717, 1.165) is 15.1 Å². The van der Waals surface area contributed by atoms with Gasteiger partial charge in [0.05, 0.1) is 10.2 Å². The summed E-state index contributed by atoms with van der Waals surface area (Å²) in [5, 5.41) is 0. The summed E-state index contributed by atoms with van der Waals surface area (Å²) >= 11 is 1.36. The second kappa shape index (κ2) is 6.56. The lowest BCUT2D eigenvalue weighted by Crippen LogP contribution is -2.34. The Kier molecular flexibility index (Phi) is 4.23. The van der Waals surface area contributed by atoms with Crippen LogP contribution in [0.2, 0.25) is 0 Å². The van der Waals surface area contributed by atoms with E-state index in [0.29, 0.717) is 36.1 Å². The van der Waals surface area contributed by atoms with Gasteiger partial charge in [-0.3, -0.25) is 19.3 Å². The lowest BCUT2D eigenvalue weighted by atomic mass is 10.2. The second-order valence-electron chi connectivity index (χ2n) is 5.97. The molecule has 4 rings (SSSR count). The zero-order valence-corrected chi connectivity index (χ0v) is 15.0. The number of carbonyl (C=O) groups excluding carboxylic acids is 3. The van der Waals surface area contributed by atoms with Crippen LogP contribution in [-0.2, 0) is 20.9 Å². The lowest BCUT2D eigenvalue weighted by molar-refractivity contribution is -0.141. The molecule has 0 radical (unpaired) electrons. The molecule has 1 aromatic carbocycles. The number of hydrogen-bond donors (Lipinski definition) is 0. The molecule has 1 aromatic heterocycles. The Morgan fingerprint density at radius 2 is 1.81 bits per heavy atom. The van der Waals surface area contributed by atoms with Gasteiger partial charge in [-0.05, 0) is 6.92 Å². The molecule has 0 aliphatic carbocycles. The van der Waals surface area contributed by atoms with Gasteiger partial charge in [0.2, 0.25) is 11.8 Å². The molecular formula is C17H17N3O5S. The number of amides is 3. The fourth-order valence-corrected chi connectivity index (χ4v) is 4.20. The van der Waals surface area contributed by atoms with Crippen molar-refractivity contribution in [3.63, 3.8) is 0 Å². The fourth-order valence-electron chi connectivity index (χ4n) is 3.07. The quantitative estimate of drug-likeness (QED) is 0.749. The highest BCUT2D eigenvalue weighted by atomic mass is 32.1. The molecule has 3 heterocycles. The number of nitrogens with zero attached hydrogens (tertiary/aromatic N) is 3. The summed E-state index contributed by atoms with van der Waals surface area (Å²) in [6.07, 6.45) is 0.324. The highest BCUT2D eigenvalue weighted by molar-refractivity contribution is 7.16. The summed E-state index contributed by atoms with van der Waals surface area (Å²) in [5.74, 6) is 0.203. The third-order valence-corrected chi connectivity index (χ3v) is 5.37. The van der Waals surface area contributed by atoms with E-state index in [4.69, 9.17) is 9.47 Å². The van der Waals surface area contributed by atoms with Crippen LogP contribution in [0.1, 0.15) is 19.8 Å². The predicted octanol–water partition coefficient (Wildman–Crippen LogP) is 1.07. The molecule has 0 atom stereocenters. The highest BCUT2D eigenvalue weighted by Crippen LogP contribution is 2.35. The van der Waals surface area contributed by atoms with Crippen LogP contribution in [0.4, 0.5) is 0 Å². The molecule has 9 heteroatoms. The molecule has 1 fully saturated rings. The van der Waals surface area contributed by atoms with Crippen LogP contribution in [-0.4, -0.2) is 46.9 Å². The minimum absolute atomic E-state index is 0.162. The molecular weight excluding hydrogens is 358 g/mol. The number of rotatable bonds is 3. The summed E-state index contributed by atoms with van der Waals surface area (Å²) < 4.78 is 14.1. The Labute approximate surface area is 152 Å². The summed E-state index contributed by atoms with van der Waals surface area (Å²) in [7, 11) is 0. The fraction of sp³-hybridized carbons (Fsp3) is 0.412. The van der Waals surface area contributed by atoms with Crippen molar-refractivity contribution in [2.45, 2.75) is 26.3 Å². The average Bonchev–Trinajstić information content (AvgIpc) is 3.12. The minimum Gasteiger partial charge on any atom is -0.486 e. The van der Waals surface area contributed by atoms with Crippen molar-refractivity contribution in [3.05, 3.63) is 16.9 Å². The highest BCUT2D eigenvalue weighted by Gasteiger charge is 2.30. The molecule has 3 amide bonds. The molecule has 0 N–H and O–H groups in total. The van der Waals surface area contributed by atoms with Crippen LogP contribution in [0.3, 0.4) is 0 Å². The van der Waals surface area contributed by atoms with Crippen molar-refractivity contribution < 1.29 is 23.9 Å². The monoisotopic (exact) mass is 375 g/mol. The van der Waals surface area contributed by atoms with E-state index >= 15 is 0 Å². The molecule has 2 aliphatic rings. The first-order valence-electron chi connectivity index (χ1n) is 8.40. The van der Waals surface area contributed by atoms with Gasteiger partial charge in [-0.15, -0.1) is 0 Å². The number of benzene rings is 1. The standard InChI is InChI=1S/C17H17N3O5S/c1-2-19-10-7-11-12(25-6-5-24-11)8-13(10)26-17(19)18-14(21)9-20-15(22)3-4-16(20)23/h7-8H,2-6,9H2,1H3. The summed E-state index contributed by atoms with van der Waals surface area (Å²) in [5.41, 5.74) is 0.904. The molecule has 2 aliphatic heterocycles. The van der Waals surface area contributed by atoms with Gasteiger partial charge in [-0.25, -0.2) is 0 Å². The molecule has 26 heavy (non-hydrogen) atoms. The maximum atomic E-state index is 12.3. The number of ether oxygens (including phenoxy) is 2. The Hall–Kier alpha value is -2.68. The third kappa shape index (κ3) is 2.88. The minimum atomic E-state index is -0.514. The maximum Gasteiger partial charge on any atom is 0.268 e. The number of thiazole rings is 1. The van der Waals surface area contributed by atoms with Crippen molar-refractivity contribution in [1.29, 1.82) is 0 Å². The Morgan fingerprint density at radius 1 is 1.15 bits per heavy atom. The molecule has 0 saturated carbocycles. The Morgan fingerprint density at radius 3 is 2.46 bits per heavy atom. The van der Waals surface area contributed by atoms with Crippen LogP contribution in [0, 0.1) is 0 Å². The van der Waals surface area contributed by atoms with Crippen LogP contribution in [0.15, 0.2) is 17.1 Å². The van der Waals surface area contributed by atoms with E-state index in [1.54, 1.807) is 0 Å². The van der Waals surface area contributed by atoms with Gasteiger partial charge in [0.25, 0.3) is 5.91 Å². The normalized spacial score (nSPS) is 17.4. The van der Waals surface area contributed by atoms with E-state index in [1.807, 2.05) is 23.6 Å². The summed E-state index contributed by atoms with van der Waals surface area (Å²) in [6, 6.07) is 3.78. The van der Waals surface area contributed by atoms with Crippen LogP contribution < -0.4 is 14.3 Å². The number of aryl methyl sites for hydroxylation is 1. The van der Waals surface area contributed by atoms with Crippen LogP contribution >= 0.6 is 11.3 Å². The van der Waals surface area contributed by atoms with Gasteiger partial charge in [-0.2, -0.15) is 4.99 Å². The topological polar surface area (TPSA) is 90.2 Å². The van der Waals surface area contributed by atoms with E-state index < -0.39 is 5.91 Å². The average molecular weight is 375 g/mol. The van der Waals surface area contributed by atoms with Gasteiger partial charge in [0.1, 0.15) is 19.8 Å². The Balaban J connectivity index is 1.71.